The van der Waals surface area contributed by atoms with Crippen LogP contribution in [0.1, 0.15) is 11.4 Å². The summed E-state index contributed by atoms with van der Waals surface area (Å²) in [7, 11) is 0. The van der Waals surface area contributed by atoms with Gasteiger partial charge in [-0.2, -0.15) is 4.98 Å². The van der Waals surface area contributed by atoms with Crippen LogP contribution in [0.25, 0.3) is 0 Å². The second kappa shape index (κ2) is 4.06. The van der Waals surface area contributed by atoms with Crippen LogP contribution in [0, 0.1) is 4.84 Å². The Morgan fingerprint density at radius 3 is 3.00 bits per heavy atom. The third kappa shape index (κ3) is 2.30. The highest BCUT2D eigenvalue weighted by Crippen LogP contribution is 2.13. The van der Waals surface area contributed by atoms with Gasteiger partial charge in [0.25, 0.3) is 0 Å². The SMILES string of the molecule is S=c1nc(Cc2cccc(Br)c2)[nH]o1. The lowest BCUT2D eigenvalue weighted by Crippen LogP contribution is -1.89. The van der Waals surface area contributed by atoms with Gasteiger partial charge in [0.1, 0.15) is 5.82 Å². The zero-order chi connectivity index (χ0) is 9.97. The molecule has 0 fully saturated rings. The lowest BCUT2D eigenvalue weighted by Gasteiger charge is -1.97. The number of rotatable bonds is 2. The Bertz CT molecular complexity index is 491. The van der Waals surface area contributed by atoms with E-state index in [1.165, 1.54) is 0 Å². The van der Waals surface area contributed by atoms with E-state index in [2.05, 4.69) is 26.1 Å². The van der Waals surface area contributed by atoms with Crippen LogP contribution < -0.4 is 0 Å². The molecule has 0 unspecified atom stereocenters. The first-order chi connectivity index (χ1) is 6.74. The van der Waals surface area contributed by atoms with Crippen molar-refractivity contribution < 1.29 is 4.52 Å². The van der Waals surface area contributed by atoms with Crippen molar-refractivity contribution in [3.05, 3.63) is 45.0 Å². The van der Waals surface area contributed by atoms with Crippen molar-refractivity contribution in [2.24, 2.45) is 0 Å². The van der Waals surface area contributed by atoms with E-state index < -0.39 is 0 Å². The number of aromatic amines is 1. The minimum Gasteiger partial charge on any atom is -0.348 e. The van der Waals surface area contributed by atoms with Crippen LogP contribution in [-0.4, -0.2) is 10.1 Å². The maximum Gasteiger partial charge on any atom is 0.314 e. The van der Waals surface area contributed by atoms with Gasteiger partial charge in [-0.1, -0.05) is 28.1 Å². The van der Waals surface area contributed by atoms with E-state index in [0.29, 0.717) is 6.42 Å². The molecule has 1 heterocycles. The molecule has 0 aliphatic rings. The molecule has 72 valence electrons. The molecule has 0 saturated carbocycles. The first-order valence-electron chi connectivity index (χ1n) is 4.03. The number of halogens is 1. The fourth-order valence-electron chi connectivity index (χ4n) is 1.17. The Labute approximate surface area is 94.3 Å². The summed E-state index contributed by atoms with van der Waals surface area (Å²) in [5, 5.41) is 2.67. The first kappa shape index (κ1) is 9.61. The minimum absolute atomic E-state index is 0.245. The summed E-state index contributed by atoms with van der Waals surface area (Å²) in [5.74, 6) is 0.744. The van der Waals surface area contributed by atoms with E-state index in [1.54, 1.807) is 0 Å². The molecule has 0 saturated heterocycles. The highest BCUT2D eigenvalue weighted by atomic mass is 79.9. The molecule has 2 aromatic rings. The summed E-state index contributed by atoms with van der Waals surface area (Å²) in [4.78, 5) is 4.26. The average Bonchev–Trinajstić information content (AvgIpc) is 2.51. The summed E-state index contributed by atoms with van der Waals surface area (Å²) < 4.78 is 5.89. The van der Waals surface area contributed by atoms with E-state index in [4.69, 9.17) is 16.7 Å². The molecule has 0 spiro atoms. The molecule has 0 atom stereocenters. The molecule has 0 bridgehead atoms. The zero-order valence-electron chi connectivity index (χ0n) is 7.16. The minimum atomic E-state index is 0.245. The van der Waals surface area contributed by atoms with Gasteiger partial charge in [-0.05, 0) is 29.9 Å². The van der Waals surface area contributed by atoms with Crippen LogP contribution in [0.2, 0.25) is 0 Å². The molecule has 0 amide bonds. The van der Waals surface area contributed by atoms with Crippen LogP contribution in [0.4, 0.5) is 0 Å². The quantitative estimate of drug-likeness (QED) is 0.853. The fraction of sp³-hybridized carbons (Fsp3) is 0.111. The smallest absolute Gasteiger partial charge is 0.314 e. The van der Waals surface area contributed by atoms with Crippen molar-refractivity contribution in [3.8, 4) is 0 Å². The third-order valence-electron chi connectivity index (χ3n) is 1.74. The van der Waals surface area contributed by atoms with Gasteiger partial charge < -0.3 is 4.52 Å². The first-order valence-corrected chi connectivity index (χ1v) is 5.23. The van der Waals surface area contributed by atoms with Gasteiger partial charge in [0.2, 0.25) is 0 Å². The Kier molecular flexibility index (Phi) is 2.79. The van der Waals surface area contributed by atoms with Crippen molar-refractivity contribution in [2.75, 3.05) is 0 Å². The molecule has 1 N–H and O–H groups in total. The molecule has 3 nitrogen and oxygen atoms in total. The molecule has 0 radical (unpaired) electrons. The number of aromatic nitrogens is 2. The second-order valence-electron chi connectivity index (χ2n) is 2.84. The van der Waals surface area contributed by atoms with Gasteiger partial charge in [-0.3, -0.25) is 0 Å². The number of nitrogens with one attached hydrogen (secondary N) is 1. The van der Waals surface area contributed by atoms with Gasteiger partial charge >= 0.3 is 4.84 Å². The van der Waals surface area contributed by atoms with Crippen molar-refractivity contribution in [3.63, 3.8) is 0 Å². The summed E-state index contributed by atoms with van der Waals surface area (Å²) in [5.41, 5.74) is 1.15. The highest BCUT2D eigenvalue weighted by Gasteiger charge is 2.00. The van der Waals surface area contributed by atoms with E-state index in [9.17, 15) is 0 Å². The predicted molar refractivity (Wildman–Crippen MR) is 58.6 cm³/mol. The van der Waals surface area contributed by atoms with Crippen LogP contribution in [0.15, 0.2) is 33.3 Å². The van der Waals surface area contributed by atoms with Gasteiger partial charge in [0, 0.05) is 10.9 Å². The standard InChI is InChI=1S/C9H7BrN2OS/c10-7-3-1-2-6(4-7)5-8-11-9(14)13-12-8/h1-4H,5H2,(H,11,12,14). The summed E-state index contributed by atoms with van der Waals surface area (Å²) in [6, 6.07) is 8.02. The Hall–Kier alpha value is -0.940. The summed E-state index contributed by atoms with van der Waals surface area (Å²) in [6.45, 7) is 0. The average molecular weight is 271 g/mol. The number of nitrogens with zero attached hydrogens (tertiary/aromatic N) is 1. The normalized spacial score (nSPS) is 10.4. The van der Waals surface area contributed by atoms with E-state index in [-0.39, 0.29) is 4.84 Å². The zero-order valence-corrected chi connectivity index (χ0v) is 9.56. The number of H-pyrrole nitrogens is 1. The van der Waals surface area contributed by atoms with Crippen molar-refractivity contribution >= 4 is 28.1 Å². The summed E-state index contributed by atoms with van der Waals surface area (Å²) in [6.07, 6.45) is 0.694. The van der Waals surface area contributed by atoms with Gasteiger partial charge in [0.05, 0.1) is 0 Å². The van der Waals surface area contributed by atoms with Crippen LogP contribution >= 0.6 is 28.1 Å². The van der Waals surface area contributed by atoms with Crippen LogP contribution in [-0.2, 0) is 6.42 Å². The molecular weight excluding hydrogens is 264 g/mol. The van der Waals surface area contributed by atoms with E-state index in [0.717, 1.165) is 15.9 Å². The molecule has 5 heteroatoms. The second-order valence-corrected chi connectivity index (χ2v) is 4.10. The molecular formula is C9H7BrN2OS. The molecule has 2 rings (SSSR count). The van der Waals surface area contributed by atoms with E-state index in [1.807, 2.05) is 24.3 Å². The number of hydrogen-bond acceptors (Lipinski definition) is 3. The molecule has 14 heavy (non-hydrogen) atoms. The molecule has 1 aromatic carbocycles. The lowest BCUT2D eigenvalue weighted by molar-refractivity contribution is 0.399. The summed E-state index contributed by atoms with van der Waals surface area (Å²) >= 11 is 8.16. The van der Waals surface area contributed by atoms with Gasteiger partial charge in [-0.25, -0.2) is 5.16 Å². The van der Waals surface area contributed by atoms with Crippen molar-refractivity contribution in [2.45, 2.75) is 6.42 Å². The maximum atomic E-state index is 4.83. The van der Waals surface area contributed by atoms with Crippen molar-refractivity contribution in [1.29, 1.82) is 0 Å². The third-order valence-corrected chi connectivity index (χ3v) is 2.41. The lowest BCUT2D eigenvalue weighted by atomic mass is 10.1. The van der Waals surface area contributed by atoms with Crippen LogP contribution in [0.3, 0.4) is 0 Å². The predicted octanol–water partition coefficient (Wildman–Crippen LogP) is 3.09. The molecule has 1 aromatic heterocycles. The monoisotopic (exact) mass is 270 g/mol. The fourth-order valence-corrected chi connectivity index (χ4v) is 1.77. The van der Waals surface area contributed by atoms with Crippen LogP contribution in [0.5, 0.6) is 0 Å². The van der Waals surface area contributed by atoms with Crippen molar-refractivity contribution in [1.82, 2.24) is 10.1 Å². The maximum absolute atomic E-state index is 4.83. The van der Waals surface area contributed by atoms with E-state index >= 15 is 0 Å². The molecule has 0 aliphatic carbocycles. The molecule has 0 aliphatic heterocycles. The Balaban J connectivity index is 2.22. The van der Waals surface area contributed by atoms with Gasteiger partial charge in [0.15, 0.2) is 0 Å². The van der Waals surface area contributed by atoms with Gasteiger partial charge in [-0.15, -0.1) is 0 Å². The number of benzene rings is 1. The largest absolute Gasteiger partial charge is 0.348 e. The highest BCUT2D eigenvalue weighted by molar-refractivity contribution is 9.10. The number of hydrogen-bond donors (Lipinski definition) is 1. The Morgan fingerprint density at radius 2 is 2.36 bits per heavy atom. The Morgan fingerprint density at radius 1 is 1.50 bits per heavy atom. The topological polar surface area (TPSA) is 41.8 Å².